The molecule has 284 valence electrons. The summed E-state index contributed by atoms with van der Waals surface area (Å²) in [6.07, 6.45) is 12.4. The fourth-order valence-corrected chi connectivity index (χ4v) is 12.7. The summed E-state index contributed by atoms with van der Waals surface area (Å²) < 4.78 is 0. The second-order valence-electron chi connectivity index (χ2n) is 17.8. The Hall–Kier alpha value is -5.86. The predicted molar refractivity (Wildman–Crippen MR) is 241 cm³/mol. The minimum absolute atomic E-state index is 0.0787. The van der Waals surface area contributed by atoms with E-state index in [4.69, 9.17) is 0 Å². The van der Waals surface area contributed by atoms with Crippen LogP contribution in [-0.4, -0.2) is 0 Å². The van der Waals surface area contributed by atoms with E-state index in [1.54, 1.807) is 16.7 Å². The Kier molecular flexibility index (Phi) is 8.04. The molecule has 7 aromatic rings. The van der Waals surface area contributed by atoms with Crippen LogP contribution in [0.25, 0.3) is 11.1 Å². The monoisotopic (exact) mass is 750 g/mol. The molecule has 2 saturated carbocycles. The lowest BCUT2D eigenvalue weighted by molar-refractivity contribution is 0.350. The number of hydrogen-bond acceptors (Lipinski definition) is 2. The van der Waals surface area contributed by atoms with Gasteiger partial charge in [-0.3, -0.25) is 0 Å². The zero-order valence-electron chi connectivity index (χ0n) is 33.3. The van der Waals surface area contributed by atoms with E-state index >= 15 is 0 Å². The molecule has 0 amide bonds. The Morgan fingerprint density at radius 1 is 0.397 bits per heavy atom. The molecule has 3 atom stereocenters. The predicted octanol–water partition coefficient (Wildman–Crippen LogP) is 14.7. The van der Waals surface area contributed by atoms with Crippen molar-refractivity contribution < 1.29 is 0 Å². The van der Waals surface area contributed by atoms with Crippen LogP contribution in [0, 0.1) is 11.8 Å². The number of anilines is 6. The second kappa shape index (κ2) is 13.6. The van der Waals surface area contributed by atoms with Crippen LogP contribution in [0.4, 0.5) is 34.1 Å². The molecule has 1 spiro atoms. The molecular weight excluding hydrogens is 701 g/mol. The number of nitrogens with zero attached hydrogens (tertiary/aromatic N) is 2. The standard InChI is InChI=1S/C56H50N2/c1-4-16-38(17-5-1)50-26-12-13-27-51(50)58(47-32-33-49-42(37-47)34-39-18-10-11-25-48(39)49)53-29-15-20-41-36-44-31-30-43-35-40-19-14-28-52(54(40)56(43,44)55(41)53)57(45-21-6-2-7-22-45)46-23-8-3-9-24-46/h2-3,6-15,18-29,32-33,37-38,43-44H,1,4-5,16-17,30-31,34-36H2. The SMILES string of the molecule is c1ccc(N(c2ccccc2)c2cccc3c2C24c5c(cccc5N(c5ccc6c(c5)Cc5ccccc5-6)c5ccccc5C5CCCCC5)CC2CCC4C3)cc1. The van der Waals surface area contributed by atoms with E-state index in [0.29, 0.717) is 17.8 Å². The van der Waals surface area contributed by atoms with Crippen LogP contribution in [0.15, 0.2) is 164 Å². The molecule has 0 saturated heterocycles. The molecule has 3 unspecified atom stereocenters. The lowest BCUT2D eigenvalue weighted by Gasteiger charge is -2.40. The first-order chi connectivity index (χ1) is 28.8. The van der Waals surface area contributed by atoms with Gasteiger partial charge in [-0.15, -0.1) is 0 Å². The van der Waals surface area contributed by atoms with Gasteiger partial charge in [0.2, 0.25) is 0 Å². The Bertz CT molecular complexity index is 2630. The first-order valence-electron chi connectivity index (χ1n) is 22.0. The molecule has 58 heavy (non-hydrogen) atoms. The highest BCUT2D eigenvalue weighted by Crippen LogP contribution is 2.69. The van der Waals surface area contributed by atoms with Crippen LogP contribution in [0.5, 0.6) is 0 Å². The van der Waals surface area contributed by atoms with Crippen molar-refractivity contribution in [2.24, 2.45) is 11.8 Å². The van der Waals surface area contributed by atoms with Crippen molar-refractivity contribution in [3.8, 4) is 11.1 Å². The largest absolute Gasteiger partial charge is 0.310 e. The van der Waals surface area contributed by atoms with E-state index in [1.165, 1.54) is 112 Å². The molecule has 2 fully saturated rings. The molecule has 0 bridgehead atoms. The minimum atomic E-state index is -0.0787. The summed E-state index contributed by atoms with van der Waals surface area (Å²) >= 11 is 0. The third-order valence-corrected chi connectivity index (χ3v) is 14.9. The van der Waals surface area contributed by atoms with E-state index in [1.807, 2.05) is 0 Å². The van der Waals surface area contributed by atoms with Gasteiger partial charge in [-0.25, -0.2) is 0 Å². The molecule has 5 aliphatic carbocycles. The lowest BCUT2D eigenvalue weighted by atomic mass is 9.68. The topological polar surface area (TPSA) is 6.48 Å². The maximum absolute atomic E-state index is 2.74. The number of hydrogen-bond donors (Lipinski definition) is 0. The fourth-order valence-electron chi connectivity index (χ4n) is 12.7. The average Bonchev–Trinajstić information content (AvgIpc) is 4.02. The van der Waals surface area contributed by atoms with E-state index < -0.39 is 0 Å². The molecule has 12 rings (SSSR count). The summed E-state index contributed by atoms with van der Waals surface area (Å²) in [4.78, 5) is 5.30. The number of para-hydroxylation sites is 3. The molecule has 0 N–H and O–H groups in total. The van der Waals surface area contributed by atoms with Crippen LogP contribution >= 0.6 is 0 Å². The normalized spacial score (nSPS) is 21.1. The van der Waals surface area contributed by atoms with Crippen molar-refractivity contribution in [3.63, 3.8) is 0 Å². The van der Waals surface area contributed by atoms with Crippen molar-refractivity contribution in [2.75, 3.05) is 9.80 Å². The van der Waals surface area contributed by atoms with Crippen molar-refractivity contribution in [1.82, 2.24) is 0 Å². The molecule has 5 aliphatic rings. The highest BCUT2D eigenvalue weighted by atomic mass is 15.2. The first kappa shape index (κ1) is 34.2. The van der Waals surface area contributed by atoms with Crippen LogP contribution in [0.3, 0.4) is 0 Å². The second-order valence-corrected chi connectivity index (χ2v) is 17.8. The summed E-state index contributed by atoms with van der Waals surface area (Å²) in [7, 11) is 0. The number of rotatable bonds is 7. The molecule has 0 radical (unpaired) electrons. The van der Waals surface area contributed by atoms with Gasteiger partial charge >= 0.3 is 0 Å². The minimum Gasteiger partial charge on any atom is -0.310 e. The Labute approximate surface area is 343 Å². The highest BCUT2D eigenvalue weighted by molar-refractivity contribution is 5.89. The van der Waals surface area contributed by atoms with Gasteiger partial charge in [0.1, 0.15) is 0 Å². The Morgan fingerprint density at radius 3 is 1.64 bits per heavy atom. The van der Waals surface area contributed by atoms with Gasteiger partial charge in [-0.05, 0) is 167 Å². The summed E-state index contributed by atoms with van der Waals surface area (Å²) in [5.74, 6) is 1.71. The Morgan fingerprint density at radius 2 is 0.948 bits per heavy atom. The van der Waals surface area contributed by atoms with E-state index in [9.17, 15) is 0 Å². The van der Waals surface area contributed by atoms with Crippen molar-refractivity contribution in [2.45, 2.75) is 75.5 Å². The van der Waals surface area contributed by atoms with E-state index in [2.05, 4.69) is 174 Å². The summed E-state index contributed by atoms with van der Waals surface area (Å²) in [5.41, 5.74) is 21.2. The van der Waals surface area contributed by atoms with Gasteiger partial charge in [0.25, 0.3) is 0 Å². The van der Waals surface area contributed by atoms with Crippen LogP contribution in [0.2, 0.25) is 0 Å². The van der Waals surface area contributed by atoms with Gasteiger partial charge in [-0.2, -0.15) is 0 Å². The lowest BCUT2D eigenvalue weighted by Crippen LogP contribution is -2.34. The van der Waals surface area contributed by atoms with Crippen molar-refractivity contribution in [1.29, 1.82) is 0 Å². The fraction of sp³-hybridized carbons (Fsp3) is 0.250. The molecule has 7 aromatic carbocycles. The number of fused-ring (bicyclic) bond motifs is 5. The number of benzene rings is 7. The van der Waals surface area contributed by atoms with Gasteiger partial charge in [0, 0.05) is 28.2 Å². The van der Waals surface area contributed by atoms with Gasteiger partial charge in [0.05, 0.1) is 11.4 Å². The quantitative estimate of drug-likeness (QED) is 0.160. The van der Waals surface area contributed by atoms with Crippen LogP contribution < -0.4 is 9.80 Å². The maximum Gasteiger partial charge on any atom is 0.0505 e. The summed E-state index contributed by atoms with van der Waals surface area (Å²) in [6, 6.07) is 62.7. The highest BCUT2D eigenvalue weighted by Gasteiger charge is 2.62. The summed E-state index contributed by atoms with van der Waals surface area (Å²) in [6.45, 7) is 0. The van der Waals surface area contributed by atoms with E-state index in [0.717, 1.165) is 19.3 Å². The van der Waals surface area contributed by atoms with E-state index in [-0.39, 0.29) is 5.41 Å². The molecular formula is C56H50N2. The van der Waals surface area contributed by atoms with Crippen LogP contribution in [-0.2, 0) is 24.7 Å². The molecule has 0 heterocycles. The Balaban J connectivity index is 1.11. The molecule has 2 heteroatoms. The first-order valence-corrected chi connectivity index (χ1v) is 22.0. The van der Waals surface area contributed by atoms with Gasteiger partial charge in [0.15, 0.2) is 0 Å². The molecule has 0 aromatic heterocycles. The zero-order chi connectivity index (χ0) is 38.2. The molecule has 2 nitrogen and oxygen atoms in total. The van der Waals surface area contributed by atoms with Crippen molar-refractivity contribution in [3.05, 3.63) is 203 Å². The third kappa shape index (κ3) is 5.10. The van der Waals surface area contributed by atoms with Gasteiger partial charge < -0.3 is 9.80 Å². The maximum atomic E-state index is 2.74. The van der Waals surface area contributed by atoms with Gasteiger partial charge in [-0.1, -0.05) is 128 Å². The smallest absolute Gasteiger partial charge is 0.0505 e. The molecule has 0 aliphatic heterocycles. The zero-order valence-corrected chi connectivity index (χ0v) is 33.3. The summed E-state index contributed by atoms with van der Waals surface area (Å²) in [5, 5.41) is 0. The average molecular weight is 751 g/mol. The third-order valence-electron chi connectivity index (χ3n) is 14.9. The van der Waals surface area contributed by atoms with Crippen LogP contribution in [0.1, 0.15) is 89.8 Å². The van der Waals surface area contributed by atoms with Crippen molar-refractivity contribution >= 4 is 34.1 Å².